The molecule has 3 fully saturated rings. The summed E-state index contributed by atoms with van der Waals surface area (Å²) >= 11 is 0. The molecule has 3 saturated carbocycles. The van der Waals surface area contributed by atoms with Crippen LogP contribution in [-0.4, -0.2) is 0 Å². The van der Waals surface area contributed by atoms with Crippen molar-refractivity contribution in [3.8, 4) is 0 Å². The first-order chi connectivity index (χ1) is 16.0. The van der Waals surface area contributed by atoms with Crippen LogP contribution in [0.25, 0.3) is 0 Å². The first kappa shape index (κ1) is 29.6. The van der Waals surface area contributed by atoms with Gasteiger partial charge in [0.1, 0.15) is 0 Å². The lowest BCUT2D eigenvalue weighted by Gasteiger charge is -2.44. The van der Waals surface area contributed by atoms with E-state index < -0.39 is 0 Å². The molecule has 0 heterocycles. The average molecular weight is 487 g/mol. The molecule has 0 nitrogen and oxygen atoms in total. The molecule has 0 N–H and O–H groups in total. The molecule has 3 aliphatic carbocycles. The highest BCUT2D eigenvalue weighted by Crippen LogP contribution is 2.87. The van der Waals surface area contributed by atoms with Crippen molar-refractivity contribution >= 4 is 0 Å². The average Bonchev–Trinajstić information content (AvgIpc) is 3.72. The molecule has 13 unspecified atom stereocenters. The number of hydrogen-bond donors (Lipinski definition) is 0. The molecule has 206 valence electrons. The van der Waals surface area contributed by atoms with Gasteiger partial charge in [-0.2, -0.15) is 0 Å². The van der Waals surface area contributed by atoms with Crippen LogP contribution < -0.4 is 0 Å². The zero-order chi connectivity index (χ0) is 26.9. The highest BCUT2D eigenvalue weighted by Gasteiger charge is 2.82. The quantitative estimate of drug-likeness (QED) is 0.257. The molecule has 0 amide bonds. The largest absolute Gasteiger partial charge is 0.0654 e. The molecule has 0 aromatic carbocycles. The molecule has 0 aliphatic heterocycles. The Morgan fingerprint density at radius 2 is 1.26 bits per heavy atom. The molecular weight excluding hydrogens is 420 g/mol. The van der Waals surface area contributed by atoms with Gasteiger partial charge in [0, 0.05) is 0 Å². The lowest BCUT2D eigenvalue weighted by molar-refractivity contribution is 0.0414. The van der Waals surface area contributed by atoms with Crippen molar-refractivity contribution in [1.82, 2.24) is 0 Å². The normalized spacial score (nSPS) is 41.9. The standard InChI is InChI=1S/C35H66/c1-16-17-21(2)33(13)20-31(34(14)29(10)35(33,34)15)27(8)25(6)23(4)22(3)24(5)26(7)28(9)32(11,12)30-18-19-30/h21-31H,16-20H2,1-15H3. The van der Waals surface area contributed by atoms with Crippen molar-refractivity contribution in [2.75, 3.05) is 0 Å². The van der Waals surface area contributed by atoms with Crippen LogP contribution >= 0.6 is 0 Å². The predicted molar refractivity (Wildman–Crippen MR) is 156 cm³/mol. The summed E-state index contributed by atoms with van der Waals surface area (Å²) < 4.78 is 0. The van der Waals surface area contributed by atoms with Crippen LogP contribution in [0.1, 0.15) is 136 Å². The van der Waals surface area contributed by atoms with Crippen molar-refractivity contribution in [2.24, 2.45) is 86.8 Å². The van der Waals surface area contributed by atoms with Crippen LogP contribution in [0, 0.1) is 86.8 Å². The summed E-state index contributed by atoms with van der Waals surface area (Å²) in [5, 5.41) is 0. The Hall–Kier alpha value is 0. The van der Waals surface area contributed by atoms with E-state index in [0.717, 1.165) is 65.1 Å². The molecule has 0 aromatic rings. The van der Waals surface area contributed by atoms with Crippen LogP contribution in [0.2, 0.25) is 0 Å². The van der Waals surface area contributed by atoms with E-state index in [0.29, 0.717) is 21.7 Å². The van der Waals surface area contributed by atoms with Gasteiger partial charge in [-0.25, -0.2) is 0 Å². The summed E-state index contributed by atoms with van der Waals surface area (Å²) in [6.45, 7) is 38.9. The lowest BCUT2D eigenvalue weighted by atomic mass is 9.61. The predicted octanol–water partition coefficient (Wildman–Crippen LogP) is 11.0. The first-order valence-corrected chi connectivity index (χ1v) is 16.0. The monoisotopic (exact) mass is 487 g/mol. The second-order valence-corrected chi connectivity index (χ2v) is 16.2. The molecular formula is C35H66. The van der Waals surface area contributed by atoms with E-state index in [4.69, 9.17) is 0 Å². The van der Waals surface area contributed by atoms with Gasteiger partial charge in [0.15, 0.2) is 0 Å². The Balaban J connectivity index is 1.73. The zero-order valence-electron chi connectivity index (χ0n) is 26.9. The molecule has 0 saturated heterocycles. The summed E-state index contributed by atoms with van der Waals surface area (Å²) in [4.78, 5) is 0. The molecule has 0 heteroatoms. The van der Waals surface area contributed by atoms with E-state index in [1.54, 1.807) is 0 Å². The van der Waals surface area contributed by atoms with E-state index in [-0.39, 0.29) is 0 Å². The molecule has 35 heavy (non-hydrogen) atoms. The summed E-state index contributed by atoms with van der Waals surface area (Å²) in [6.07, 6.45) is 7.11. The summed E-state index contributed by atoms with van der Waals surface area (Å²) in [7, 11) is 0. The molecule has 13 atom stereocenters. The van der Waals surface area contributed by atoms with Gasteiger partial charge in [-0.1, -0.05) is 117 Å². The summed E-state index contributed by atoms with van der Waals surface area (Å²) in [5.41, 5.74) is 2.05. The minimum Gasteiger partial charge on any atom is -0.0654 e. The minimum absolute atomic E-state index is 0.496. The van der Waals surface area contributed by atoms with E-state index in [9.17, 15) is 0 Å². The maximum absolute atomic E-state index is 2.69. The van der Waals surface area contributed by atoms with Crippen molar-refractivity contribution < 1.29 is 0 Å². The summed E-state index contributed by atoms with van der Waals surface area (Å²) in [5.74, 6) is 9.08. The molecule has 0 aromatic heterocycles. The topological polar surface area (TPSA) is 0 Å². The SMILES string of the molecule is CCCC(C)C1(C)CC(C(C)C(C)C(C)C(C)C(C)C(C)C(C)C(C)(C)C2CC2)C2(C)C(C)C12C. The van der Waals surface area contributed by atoms with Gasteiger partial charge in [-0.3, -0.25) is 0 Å². The Kier molecular flexibility index (Phi) is 8.13. The molecule has 0 radical (unpaired) electrons. The zero-order valence-corrected chi connectivity index (χ0v) is 26.9. The fraction of sp³-hybridized carbons (Fsp3) is 1.00. The molecule has 0 spiro atoms. The molecule has 3 aliphatic rings. The van der Waals surface area contributed by atoms with Gasteiger partial charge in [-0.05, 0) is 106 Å². The third kappa shape index (κ3) is 4.20. The van der Waals surface area contributed by atoms with Gasteiger partial charge >= 0.3 is 0 Å². The second kappa shape index (κ2) is 9.63. The van der Waals surface area contributed by atoms with E-state index in [1.165, 1.54) is 32.1 Å². The van der Waals surface area contributed by atoms with Crippen LogP contribution in [0.4, 0.5) is 0 Å². The van der Waals surface area contributed by atoms with Crippen LogP contribution in [0.5, 0.6) is 0 Å². The Morgan fingerprint density at radius 1 is 0.771 bits per heavy atom. The van der Waals surface area contributed by atoms with Crippen molar-refractivity contribution in [1.29, 1.82) is 0 Å². The minimum atomic E-state index is 0.496. The number of rotatable bonds is 12. The lowest BCUT2D eigenvalue weighted by Crippen LogP contribution is -2.38. The fourth-order valence-corrected chi connectivity index (χ4v) is 10.6. The van der Waals surface area contributed by atoms with E-state index >= 15 is 0 Å². The number of hydrogen-bond acceptors (Lipinski definition) is 0. The third-order valence-corrected chi connectivity index (χ3v) is 15.6. The third-order valence-electron chi connectivity index (χ3n) is 15.6. The van der Waals surface area contributed by atoms with Gasteiger partial charge in [-0.15, -0.1) is 0 Å². The highest BCUT2D eigenvalue weighted by atomic mass is 14.9. The van der Waals surface area contributed by atoms with Gasteiger partial charge in [0.05, 0.1) is 0 Å². The maximum Gasteiger partial charge on any atom is -0.0179 e. The second-order valence-electron chi connectivity index (χ2n) is 16.2. The highest BCUT2D eigenvalue weighted by molar-refractivity contribution is 5.29. The van der Waals surface area contributed by atoms with Gasteiger partial charge < -0.3 is 0 Å². The molecule has 0 bridgehead atoms. The maximum atomic E-state index is 2.69. The van der Waals surface area contributed by atoms with Gasteiger partial charge in [0.2, 0.25) is 0 Å². The van der Waals surface area contributed by atoms with Crippen LogP contribution in [0.15, 0.2) is 0 Å². The van der Waals surface area contributed by atoms with Crippen LogP contribution in [-0.2, 0) is 0 Å². The van der Waals surface area contributed by atoms with E-state index in [2.05, 4.69) is 104 Å². The van der Waals surface area contributed by atoms with E-state index in [1.807, 2.05) is 0 Å². The van der Waals surface area contributed by atoms with Crippen molar-refractivity contribution in [2.45, 2.75) is 136 Å². The first-order valence-electron chi connectivity index (χ1n) is 16.0. The summed E-state index contributed by atoms with van der Waals surface area (Å²) in [6, 6.07) is 0. The smallest absolute Gasteiger partial charge is 0.0179 e. The van der Waals surface area contributed by atoms with Crippen molar-refractivity contribution in [3.05, 3.63) is 0 Å². The fourth-order valence-electron chi connectivity index (χ4n) is 10.6. The van der Waals surface area contributed by atoms with Crippen LogP contribution in [0.3, 0.4) is 0 Å². The Bertz CT molecular complexity index is 730. The van der Waals surface area contributed by atoms with Crippen molar-refractivity contribution in [3.63, 3.8) is 0 Å². The number of fused-ring (bicyclic) bond motifs is 1. The molecule has 3 rings (SSSR count). The Morgan fingerprint density at radius 3 is 1.74 bits per heavy atom. The van der Waals surface area contributed by atoms with Gasteiger partial charge in [0.25, 0.3) is 0 Å². The Labute approximate surface area is 222 Å².